The van der Waals surface area contributed by atoms with E-state index in [4.69, 9.17) is 11.6 Å². The fourth-order valence-electron chi connectivity index (χ4n) is 3.45. The SMILES string of the molecule is Cc1nn(-c2ccc(Cl)cc2)c(C)c1CC(=O)NCCCN1CCNCC1. The van der Waals surface area contributed by atoms with E-state index in [9.17, 15) is 4.79 Å². The molecule has 0 bridgehead atoms. The Hall–Kier alpha value is -1.89. The largest absolute Gasteiger partial charge is 0.356 e. The lowest BCUT2D eigenvalue weighted by atomic mass is 10.1. The van der Waals surface area contributed by atoms with Crippen molar-refractivity contribution in [2.75, 3.05) is 39.3 Å². The summed E-state index contributed by atoms with van der Waals surface area (Å²) in [7, 11) is 0. The lowest BCUT2D eigenvalue weighted by molar-refractivity contribution is -0.120. The summed E-state index contributed by atoms with van der Waals surface area (Å²) in [5.41, 5.74) is 3.82. The number of benzene rings is 1. The van der Waals surface area contributed by atoms with E-state index in [2.05, 4.69) is 20.6 Å². The van der Waals surface area contributed by atoms with E-state index in [1.807, 2.05) is 42.8 Å². The van der Waals surface area contributed by atoms with Gasteiger partial charge in [-0.2, -0.15) is 5.10 Å². The van der Waals surface area contributed by atoms with Gasteiger partial charge in [-0.1, -0.05) is 11.6 Å². The highest BCUT2D eigenvalue weighted by Gasteiger charge is 2.16. The maximum absolute atomic E-state index is 12.4. The first kappa shape index (κ1) is 19.9. The lowest BCUT2D eigenvalue weighted by Crippen LogP contribution is -2.44. The number of halogens is 1. The molecule has 0 aliphatic carbocycles. The lowest BCUT2D eigenvalue weighted by Gasteiger charge is -2.27. The second kappa shape index (κ2) is 9.35. The van der Waals surface area contributed by atoms with Crippen molar-refractivity contribution < 1.29 is 4.79 Å². The van der Waals surface area contributed by atoms with Crippen molar-refractivity contribution in [1.29, 1.82) is 0 Å². The molecule has 2 heterocycles. The van der Waals surface area contributed by atoms with E-state index in [1.165, 1.54) is 0 Å². The number of rotatable bonds is 7. The first-order valence-corrected chi connectivity index (χ1v) is 9.93. The number of nitrogens with one attached hydrogen (secondary N) is 2. The number of hydrogen-bond donors (Lipinski definition) is 2. The molecule has 0 saturated carbocycles. The third-order valence-corrected chi connectivity index (χ3v) is 5.28. The van der Waals surface area contributed by atoms with Gasteiger partial charge in [-0.05, 0) is 51.1 Å². The van der Waals surface area contributed by atoms with Gasteiger partial charge in [-0.25, -0.2) is 4.68 Å². The number of carbonyl (C=O) groups excluding carboxylic acids is 1. The number of carbonyl (C=O) groups is 1. The molecule has 0 spiro atoms. The predicted octanol–water partition coefficient (Wildman–Crippen LogP) is 2.10. The monoisotopic (exact) mass is 389 g/mol. The summed E-state index contributed by atoms with van der Waals surface area (Å²) in [5, 5.41) is 11.7. The third-order valence-electron chi connectivity index (χ3n) is 5.03. The molecule has 1 aliphatic heterocycles. The number of aryl methyl sites for hydroxylation is 1. The van der Waals surface area contributed by atoms with Crippen molar-refractivity contribution in [1.82, 2.24) is 25.3 Å². The quantitative estimate of drug-likeness (QED) is 0.712. The van der Waals surface area contributed by atoms with Crippen molar-refractivity contribution >= 4 is 17.5 Å². The highest BCUT2D eigenvalue weighted by Crippen LogP contribution is 2.20. The molecule has 27 heavy (non-hydrogen) atoms. The topological polar surface area (TPSA) is 62.2 Å². The second-order valence-corrected chi connectivity index (χ2v) is 7.45. The number of piperazine rings is 1. The van der Waals surface area contributed by atoms with Crippen LogP contribution in [0.5, 0.6) is 0 Å². The molecule has 3 rings (SSSR count). The van der Waals surface area contributed by atoms with Gasteiger partial charge < -0.3 is 15.5 Å². The summed E-state index contributed by atoms with van der Waals surface area (Å²) in [6.45, 7) is 10.0. The third kappa shape index (κ3) is 5.31. The van der Waals surface area contributed by atoms with E-state index in [0.29, 0.717) is 18.0 Å². The van der Waals surface area contributed by atoms with Crippen LogP contribution in [0.2, 0.25) is 5.02 Å². The van der Waals surface area contributed by atoms with E-state index in [1.54, 1.807) is 0 Å². The highest BCUT2D eigenvalue weighted by molar-refractivity contribution is 6.30. The molecule has 6 nitrogen and oxygen atoms in total. The van der Waals surface area contributed by atoms with Crippen molar-refractivity contribution in [3.8, 4) is 5.69 Å². The molecule has 1 fully saturated rings. The molecule has 2 N–H and O–H groups in total. The van der Waals surface area contributed by atoms with Crippen LogP contribution in [-0.4, -0.2) is 59.9 Å². The van der Waals surface area contributed by atoms with Gasteiger partial charge in [0.2, 0.25) is 5.91 Å². The zero-order valence-corrected chi connectivity index (χ0v) is 16.9. The summed E-state index contributed by atoms with van der Waals surface area (Å²) < 4.78 is 1.87. The van der Waals surface area contributed by atoms with Gasteiger partial charge in [0.1, 0.15) is 0 Å². The zero-order valence-electron chi connectivity index (χ0n) is 16.1. The van der Waals surface area contributed by atoms with Crippen LogP contribution in [0, 0.1) is 13.8 Å². The molecule has 2 aromatic rings. The summed E-state index contributed by atoms with van der Waals surface area (Å²) in [4.78, 5) is 14.8. The van der Waals surface area contributed by atoms with E-state index >= 15 is 0 Å². The van der Waals surface area contributed by atoms with E-state index in [-0.39, 0.29) is 5.91 Å². The van der Waals surface area contributed by atoms with Gasteiger partial charge in [-0.3, -0.25) is 4.79 Å². The number of aromatic nitrogens is 2. The minimum Gasteiger partial charge on any atom is -0.356 e. The van der Waals surface area contributed by atoms with Gasteiger partial charge in [-0.15, -0.1) is 0 Å². The Morgan fingerprint density at radius 1 is 1.22 bits per heavy atom. The van der Waals surface area contributed by atoms with Gasteiger partial charge in [0.05, 0.1) is 17.8 Å². The number of hydrogen-bond acceptors (Lipinski definition) is 4. The highest BCUT2D eigenvalue weighted by atomic mass is 35.5. The molecule has 1 aromatic heterocycles. The van der Waals surface area contributed by atoms with Crippen molar-refractivity contribution in [3.05, 3.63) is 46.2 Å². The molecule has 1 aromatic carbocycles. The molecule has 1 amide bonds. The van der Waals surface area contributed by atoms with E-state index < -0.39 is 0 Å². The summed E-state index contributed by atoms with van der Waals surface area (Å²) in [6.07, 6.45) is 1.34. The van der Waals surface area contributed by atoms with Crippen LogP contribution in [0.25, 0.3) is 5.69 Å². The Kier molecular flexibility index (Phi) is 6.88. The van der Waals surface area contributed by atoms with Crippen molar-refractivity contribution in [2.24, 2.45) is 0 Å². The number of amides is 1. The Morgan fingerprint density at radius 3 is 2.63 bits per heavy atom. The number of nitrogens with zero attached hydrogens (tertiary/aromatic N) is 3. The Bertz CT molecular complexity index is 765. The maximum Gasteiger partial charge on any atom is 0.224 e. The van der Waals surface area contributed by atoms with Crippen LogP contribution in [0.3, 0.4) is 0 Å². The van der Waals surface area contributed by atoms with Gasteiger partial charge in [0.25, 0.3) is 0 Å². The van der Waals surface area contributed by atoms with Crippen LogP contribution >= 0.6 is 11.6 Å². The molecular weight excluding hydrogens is 362 g/mol. The van der Waals surface area contributed by atoms with Crippen LogP contribution in [0.15, 0.2) is 24.3 Å². The van der Waals surface area contributed by atoms with Crippen LogP contribution < -0.4 is 10.6 Å². The second-order valence-electron chi connectivity index (χ2n) is 7.01. The Labute approximate surface area is 165 Å². The average Bonchev–Trinajstić information content (AvgIpc) is 2.95. The minimum absolute atomic E-state index is 0.0529. The van der Waals surface area contributed by atoms with Gasteiger partial charge in [0, 0.05) is 49.0 Å². The minimum atomic E-state index is 0.0529. The standard InChI is InChI=1S/C20H28ClN5O/c1-15-19(16(2)26(24-15)18-6-4-17(21)5-7-18)14-20(27)23-8-3-11-25-12-9-22-10-13-25/h4-7,22H,3,8-14H2,1-2H3,(H,23,27). The van der Waals surface area contributed by atoms with Crippen LogP contribution in [0.1, 0.15) is 23.4 Å². The van der Waals surface area contributed by atoms with Crippen molar-refractivity contribution in [3.63, 3.8) is 0 Å². The molecule has 1 aliphatic rings. The van der Waals surface area contributed by atoms with Gasteiger partial charge in [0.15, 0.2) is 0 Å². The molecule has 0 radical (unpaired) electrons. The Balaban J connectivity index is 1.52. The Morgan fingerprint density at radius 2 is 1.93 bits per heavy atom. The first-order chi connectivity index (χ1) is 13.0. The fraction of sp³-hybridized carbons (Fsp3) is 0.500. The summed E-state index contributed by atoms with van der Waals surface area (Å²) in [5.74, 6) is 0.0529. The average molecular weight is 390 g/mol. The smallest absolute Gasteiger partial charge is 0.224 e. The maximum atomic E-state index is 12.4. The van der Waals surface area contributed by atoms with Crippen molar-refractivity contribution in [2.45, 2.75) is 26.7 Å². The summed E-state index contributed by atoms with van der Waals surface area (Å²) in [6, 6.07) is 7.56. The van der Waals surface area contributed by atoms with E-state index in [0.717, 1.165) is 61.8 Å². The molecule has 0 atom stereocenters. The molecule has 7 heteroatoms. The fourth-order valence-corrected chi connectivity index (χ4v) is 3.58. The predicted molar refractivity (Wildman–Crippen MR) is 109 cm³/mol. The molecule has 1 saturated heterocycles. The van der Waals surface area contributed by atoms with Crippen LogP contribution in [0.4, 0.5) is 0 Å². The van der Waals surface area contributed by atoms with Gasteiger partial charge >= 0.3 is 0 Å². The molecule has 146 valence electrons. The zero-order chi connectivity index (χ0) is 19.2. The first-order valence-electron chi connectivity index (χ1n) is 9.55. The van der Waals surface area contributed by atoms with Crippen LogP contribution in [-0.2, 0) is 11.2 Å². The molecular formula is C20H28ClN5O. The molecule has 0 unspecified atom stereocenters. The summed E-state index contributed by atoms with van der Waals surface area (Å²) >= 11 is 5.97. The normalized spacial score (nSPS) is 15.1.